The van der Waals surface area contributed by atoms with Gasteiger partial charge in [0.05, 0.1) is 10.6 Å². The van der Waals surface area contributed by atoms with Gasteiger partial charge in [-0.3, -0.25) is 25.7 Å². The molecule has 4 N–H and O–H groups in total. The molecule has 8 nitrogen and oxygen atoms in total. The average molecular weight is 287 g/mol. The van der Waals surface area contributed by atoms with Crippen molar-refractivity contribution in [1.29, 1.82) is 0 Å². The van der Waals surface area contributed by atoms with E-state index in [0.29, 0.717) is 5.69 Å². The number of nitrogens with one attached hydrogen (secondary N) is 2. The monoisotopic (exact) mass is 287 g/mol. The first-order chi connectivity index (χ1) is 10.1. The van der Waals surface area contributed by atoms with E-state index in [1.807, 2.05) is 0 Å². The number of nitrogen functional groups attached to an aromatic ring is 1. The van der Waals surface area contributed by atoms with E-state index in [9.17, 15) is 14.9 Å². The highest BCUT2D eigenvalue weighted by molar-refractivity contribution is 5.93. The van der Waals surface area contributed by atoms with Crippen LogP contribution >= 0.6 is 0 Å². The van der Waals surface area contributed by atoms with Gasteiger partial charge in [-0.25, -0.2) is 0 Å². The van der Waals surface area contributed by atoms with Crippen molar-refractivity contribution >= 4 is 17.3 Å². The molecule has 1 aromatic heterocycles. The molecular formula is C13H13N5O3. The molecular weight excluding hydrogens is 274 g/mol. The number of pyridine rings is 1. The van der Waals surface area contributed by atoms with Gasteiger partial charge in [0.2, 0.25) is 0 Å². The number of rotatable bonds is 5. The SMILES string of the molecule is NNc1ccnc(C(=O)NCc2ccc([N+](=O)[O-])cc2)c1. The number of anilines is 1. The van der Waals surface area contributed by atoms with Crippen LogP contribution in [0.3, 0.4) is 0 Å². The van der Waals surface area contributed by atoms with Crippen LogP contribution < -0.4 is 16.6 Å². The second-order valence-corrected chi connectivity index (χ2v) is 4.18. The molecule has 0 unspecified atom stereocenters. The molecule has 2 aromatic rings. The Hall–Kier alpha value is -3.00. The Balaban J connectivity index is 1.98. The summed E-state index contributed by atoms with van der Waals surface area (Å²) in [6.45, 7) is 0.249. The number of hydrogen-bond acceptors (Lipinski definition) is 6. The Kier molecular flexibility index (Phi) is 4.42. The lowest BCUT2D eigenvalue weighted by molar-refractivity contribution is -0.384. The molecule has 1 heterocycles. The molecule has 0 aliphatic heterocycles. The lowest BCUT2D eigenvalue weighted by Gasteiger charge is -2.06. The maximum absolute atomic E-state index is 11.9. The number of nitrogens with zero attached hydrogens (tertiary/aromatic N) is 2. The van der Waals surface area contributed by atoms with Crippen LogP contribution in [-0.2, 0) is 6.54 Å². The lowest BCUT2D eigenvalue weighted by atomic mass is 10.2. The molecule has 1 aromatic carbocycles. The van der Waals surface area contributed by atoms with E-state index >= 15 is 0 Å². The van der Waals surface area contributed by atoms with Gasteiger partial charge in [-0.15, -0.1) is 0 Å². The van der Waals surface area contributed by atoms with Gasteiger partial charge >= 0.3 is 0 Å². The zero-order chi connectivity index (χ0) is 15.2. The summed E-state index contributed by atoms with van der Waals surface area (Å²) in [6.07, 6.45) is 1.47. The number of aromatic nitrogens is 1. The Morgan fingerprint density at radius 3 is 2.62 bits per heavy atom. The van der Waals surface area contributed by atoms with E-state index in [0.717, 1.165) is 5.56 Å². The van der Waals surface area contributed by atoms with E-state index in [1.165, 1.54) is 24.4 Å². The molecule has 0 aliphatic rings. The standard InChI is InChI=1S/C13H13N5O3/c14-17-10-5-6-15-12(7-10)13(19)16-8-9-1-3-11(4-2-9)18(20)21/h1-7H,8,14H2,(H,15,17)(H,16,19). The predicted molar refractivity (Wildman–Crippen MR) is 76.3 cm³/mol. The third-order valence-electron chi connectivity index (χ3n) is 2.76. The first-order valence-corrected chi connectivity index (χ1v) is 6.04. The van der Waals surface area contributed by atoms with Gasteiger partial charge in [0, 0.05) is 24.9 Å². The van der Waals surface area contributed by atoms with E-state index in [-0.39, 0.29) is 23.8 Å². The number of hydrogen-bond donors (Lipinski definition) is 3. The smallest absolute Gasteiger partial charge is 0.270 e. The number of amides is 1. The van der Waals surface area contributed by atoms with Crippen LogP contribution in [0.4, 0.5) is 11.4 Å². The maximum Gasteiger partial charge on any atom is 0.270 e. The number of nitrogens with two attached hydrogens (primary N) is 1. The van der Waals surface area contributed by atoms with Crippen LogP contribution in [0, 0.1) is 10.1 Å². The Morgan fingerprint density at radius 2 is 2.00 bits per heavy atom. The molecule has 1 amide bonds. The number of carbonyl (C=O) groups excluding carboxylic acids is 1. The molecule has 2 rings (SSSR count). The highest BCUT2D eigenvalue weighted by Crippen LogP contribution is 2.12. The van der Waals surface area contributed by atoms with Crippen LogP contribution in [0.25, 0.3) is 0 Å². The molecule has 0 atom stereocenters. The highest BCUT2D eigenvalue weighted by atomic mass is 16.6. The molecule has 0 radical (unpaired) electrons. The number of hydrazine groups is 1. The van der Waals surface area contributed by atoms with Gasteiger partial charge < -0.3 is 10.7 Å². The summed E-state index contributed by atoms with van der Waals surface area (Å²) in [4.78, 5) is 25.9. The van der Waals surface area contributed by atoms with E-state index in [2.05, 4.69) is 15.7 Å². The van der Waals surface area contributed by atoms with Gasteiger partial charge in [0.25, 0.3) is 11.6 Å². The minimum absolute atomic E-state index is 0.00784. The summed E-state index contributed by atoms with van der Waals surface area (Å²) >= 11 is 0. The quantitative estimate of drug-likeness (QED) is 0.431. The lowest BCUT2D eigenvalue weighted by Crippen LogP contribution is -2.24. The van der Waals surface area contributed by atoms with Crippen molar-refractivity contribution < 1.29 is 9.72 Å². The van der Waals surface area contributed by atoms with Gasteiger partial charge in [-0.1, -0.05) is 12.1 Å². The maximum atomic E-state index is 11.9. The minimum atomic E-state index is -0.475. The van der Waals surface area contributed by atoms with Gasteiger partial charge in [-0.2, -0.15) is 0 Å². The summed E-state index contributed by atoms with van der Waals surface area (Å²) < 4.78 is 0. The molecule has 0 bridgehead atoms. The van der Waals surface area contributed by atoms with Crippen molar-refractivity contribution in [3.8, 4) is 0 Å². The zero-order valence-corrected chi connectivity index (χ0v) is 10.9. The fourth-order valence-electron chi connectivity index (χ4n) is 1.65. The number of non-ortho nitro benzene ring substituents is 1. The fourth-order valence-corrected chi connectivity index (χ4v) is 1.65. The van der Waals surface area contributed by atoms with E-state index in [1.54, 1.807) is 18.2 Å². The first-order valence-electron chi connectivity index (χ1n) is 6.04. The molecule has 0 saturated carbocycles. The molecule has 108 valence electrons. The Labute approximate surface area is 120 Å². The summed E-state index contributed by atoms with van der Waals surface area (Å²) in [6, 6.07) is 9.10. The second-order valence-electron chi connectivity index (χ2n) is 4.18. The van der Waals surface area contributed by atoms with Crippen LogP contribution in [-0.4, -0.2) is 15.8 Å². The average Bonchev–Trinajstić information content (AvgIpc) is 2.53. The molecule has 8 heteroatoms. The van der Waals surface area contributed by atoms with Crippen molar-refractivity contribution in [3.63, 3.8) is 0 Å². The van der Waals surface area contributed by atoms with E-state index in [4.69, 9.17) is 5.84 Å². The van der Waals surface area contributed by atoms with Gasteiger partial charge in [0.1, 0.15) is 5.69 Å². The first kappa shape index (κ1) is 14.4. The molecule has 0 aliphatic carbocycles. The number of nitro groups is 1. The zero-order valence-electron chi connectivity index (χ0n) is 10.9. The van der Waals surface area contributed by atoms with Crippen LogP contribution in [0.5, 0.6) is 0 Å². The van der Waals surface area contributed by atoms with Gasteiger partial charge in [0.15, 0.2) is 0 Å². The largest absolute Gasteiger partial charge is 0.347 e. The summed E-state index contributed by atoms with van der Waals surface area (Å²) in [5, 5.41) is 13.2. The van der Waals surface area contributed by atoms with Crippen molar-refractivity contribution in [2.75, 3.05) is 5.43 Å². The molecule has 0 saturated heterocycles. The van der Waals surface area contributed by atoms with Crippen molar-refractivity contribution in [3.05, 3.63) is 64.0 Å². The Morgan fingerprint density at radius 1 is 1.29 bits per heavy atom. The highest BCUT2D eigenvalue weighted by Gasteiger charge is 2.08. The van der Waals surface area contributed by atoms with Crippen LogP contribution in [0.1, 0.15) is 16.1 Å². The molecule has 0 spiro atoms. The summed E-state index contributed by atoms with van der Waals surface area (Å²) in [7, 11) is 0. The number of nitro benzene ring substituents is 1. The van der Waals surface area contributed by atoms with Gasteiger partial charge in [-0.05, 0) is 17.7 Å². The normalized spacial score (nSPS) is 9.95. The summed E-state index contributed by atoms with van der Waals surface area (Å²) in [5.74, 6) is 4.90. The van der Waals surface area contributed by atoms with Crippen LogP contribution in [0.2, 0.25) is 0 Å². The molecule has 0 fully saturated rings. The summed E-state index contributed by atoms with van der Waals surface area (Å²) in [5.41, 5.74) is 3.99. The molecule has 21 heavy (non-hydrogen) atoms. The van der Waals surface area contributed by atoms with E-state index < -0.39 is 4.92 Å². The third kappa shape index (κ3) is 3.74. The number of benzene rings is 1. The van der Waals surface area contributed by atoms with Crippen molar-refractivity contribution in [1.82, 2.24) is 10.3 Å². The second kappa shape index (κ2) is 6.44. The predicted octanol–water partition coefficient (Wildman–Crippen LogP) is 1.21. The fraction of sp³-hybridized carbons (Fsp3) is 0.0769. The topological polar surface area (TPSA) is 123 Å². The van der Waals surface area contributed by atoms with Crippen LogP contribution in [0.15, 0.2) is 42.6 Å². The van der Waals surface area contributed by atoms with Crippen molar-refractivity contribution in [2.24, 2.45) is 5.84 Å². The minimum Gasteiger partial charge on any atom is -0.347 e. The Bertz CT molecular complexity index is 657. The third-order valence-corrected chi connectivity index (χ3v) is 2.76. The van der Waals surface area contributed by atoms with Crippen molar-refractivity contribution in [2.45, 2.75) is 6.54 Å². The number of carbonyl (C=O) groups is 1.